The number of ether oxygens (including phenoxy) is 1. The summed E-state index contributed by atoms with van der Waals surface area (Å²) in [5, 5.41) is 0.889. The summed E-state index contributed by atoms with van der Waals surface area (Å²) in [7, 11) is 1.57. The molecule has 1 aromatic carbocycles. The van der Waals surface area contributed by atoms with Crippen molar-refractivity contribution in [1.29, 1.82) is 0 Å². The van der Waals surface area contributed by atoms with Gasteiger partial charge in [0.15, 0.2) is 0 Å². The van der Waals surface area contributed by atoms with Crippen molar-refractivity contribution in [3.8, 4) is 5.75 Å². The third-order valence-electron chi connectivity index (χ3n) is 1.83. The van der Waals surface area contributed by atoms with Gasteiger partial charge < -0.3 is 10.6 Å². The number of benzene rings is 1. The molecule has 14 heavy (non-hydrogen) atoms. The molecular weight excluding hydrogens is 191 g/mol. The van der Waals surface area contributed by atoms with Crippen LogP contribution in [-0.2, 0) is 0 Å². The Morgan fingerprint density at radius 1 is 1.29 bits per heavy atom. The summed E-state index contributed by atoms with van der Waals surface area (Å²) in [4.78, 5) is 10.9. The van der Waals surface area contributed by atoms with Crippen molar-refractivity contribution in [2.45, 2.75) is 0 Å². The normalized spacial score (nSPS) is 9.50. The minimum atomic E-state index is -0.347. The zero-order valence-electron chi connectivity index (χ0n) is 9.11. The average molecular weight is 200 g/mol. The van der Waals surface area contributed by atoms with E-state index in [0.717, 1.165) is 5.39 Å². The van der Waals surface area contributed by atoms with Crippen LogP contribution >= 0.6 is 0 Å². The van der Waals surface area contributed by atoms with Crippen molar-refractivity contribution in [1.82, 2.24) is 0 Å². The first kappa shape index (κ1) is 11.3. The molecular formula is C10H9NaO3. The van der Waals surface area contributed by atoms with Gasteiger partial charge in [0.1, 0.15) is 11.3 Å². The summed E-state index contributed by atoms with van der Waals surface area (Å²) in [5.74, 6) is 0.682. The molecule has 0 aliphatic carbocycles. The van der Waals surface area contributed by atoms with Crippen molar-refractivity contribution < 1.29 is 40.1 Å². The maximum atomic E-state index is 10.9. The van der Waals surface area contributed by atoms with Crippen LogP contribution in [0.1, 0.15) is 1.43 Å². The van der Waals surface area contributed by atoms with E-state index in [1.54, 1.807) is 19.2 Å². The smallest absolute Gasteiger partial charge is 1.00 e. The fourth-order valence-electron chi connectivity index (χ4n) is 1.17. The maximum absolute atomic E-state index is 10.9. The quantitative estimate of drug-likeness (QED) is 0.434. The largest absolute Gasteiger partial charge is 1.00 e. The van der Waals surface area contributed by atoms with Gasteiger partial charge in [-0.3, -0.25) is 0 Å². The van der Waals surface area contributed by atoms with E-state index in [1.165, 1.54) is 6.07 Å². The summed E-state index contributed by atoms with van der Waals surface area (Å²) in [6.45, 7) is 0. The monoisotopic (exact) mass is 200 g/mol. The van der Waals surface area contributed by atoms with E-state index in [0.29, 0.717) is 11.3 Å². The molecule has 0 amide bonds. The van der Waals surface area contributed by atoms with Crippen LogP contribution in [0.2, 0.25) is 0 Å². The fraction of sp³-hybridized carbons (Fsp3) is 0.100. The standard InChI is InChI=1S/C10H8O3.Na.H/c1-12-8-4-2-7-3-5-10(11)13-9(7)6-8;;/h2-6H,1H3;;/q;+1;-1. The Bertz CT molecular complexity index is 495. The Kier molecular flexibility index (Phi) is 3.75. The number of hydrogen-bond donors (Lipinski definition) is 0. The maximum Gasteiger partial charge on any atom is 1.00 e. The van der Waals surface area contributed by atoms with E-state index in [1.807, 2.05) is 12.1 Å². The summed E-state index contributed by atoms with van der Waals surface area (Å²) < 4.78 is 9.97. The number of rotatable bonds is 1. The van der Waals surface area contributed by atoms with Gasteiger partial charge in [-0.2, -0.15) is 0 Å². The number of hydrogen-bond acceptors (Lipinski definition) is 3. The summed E-state index contributed by atoms with van der Waals surface area (Å²) in [6.07, 6.45) is 0. The van der Waals surface area contributed by atoms with Gasteiger partial charge in [0.25, 0.3) is 0 Å². The van der Waals surface area contributed by atoms with E-state index in [9.17, 15) is 4.79 Å². The SMILES string of the molecule is COc1ccc2ccc(=O)oc2c1.[H-].[Na+]. The third-order valence-corrected chi connectivity index (χ3v) is 1.83. The zero-order chi connectivity index (χ0) is 9.26. The predicted molar refractivity (Wildman–Crippen MR) is 50.1 cm³/mol. The predicted octanol–water partition coefficient (Wildman–Crippen LogP) is -1.08. The summed E-state index contributed by atoms with van der Waals surface area (Å²) >= 11 is 0. The van der Waals surface area contributed by atoms with Crippen molar-refractivity contribution in [2.75, 3.05) is 7.11 Å². The first-order valence-electron chi connectivity index (χ1n) is 3.87. The molecule has 0 aliphatic rings. The Balaban J connectivity index is 0.000000980. The van der Waals surface area contributed by atoms with Crippen LogP contribution in [0.15, 0.2) is 39.5 Å². The van der Waals surface area contributed by atoms with Crippen molar-refractivity contribution >= 4 is 11.0 Å². The molecule has 2 aromatic rings. The van der Waals surface area contributed by atoms with E-state index in [4.69, 9.17) is 9.15 Å². The van der Waals surface area contributed by atoms with E-state index in [-0.39, 0.29) is 36.6 Å². The van der Waals surface area contributed by atoms with Crippen LogP contribution in [0.3, 0.4) is 0 Å². The Labute approximate surface area is 104 Å². The minimum absolute atomic E-state index is 0. The summed E-state index contributed by atoms with van der Waals surface area (Å²) in [5.41, 5.74) is 0.201. The summed E-state index contributed by atoms with van der Waals surface area (Å²) in [6, 6.07) is 8.48. The van der Waals surface area contributed by atoms with Crippen molar-refractivity contribution in [3.05, 3.63) is 40.8 Å². The van der Waals surface area contributed by atoms with Crippen LogP contribution in [0.5, 0.6) is 5.75 Å². The molecule has 0 radical (unpaired) electrons. The van der Waals surface area contributed by atoms with Crippen molar-refractivity contribution in [3.63, 3.8) is 0 Å². The van der Waals surface area contributed by atoms with Gasteiger partial charge in [0.2, 0.25) is 0 Å². The number of fused-ring (bicyclic) bond motifs is 1. The van der Waals surface area contributed by atoms with Gasteiger partial charge in [-0.1, -0.05) is 0 Å². The third kappa shape index (κ3) is 2.18. The van der Waals surface area contributed by atoms with Gasteiger partial charge in [0.05, 0.1) is 7.11 Å². The molecule has 0 bridgehead atoms. The molecule has 4 heteroatoms. The molecule has 0 unspecified atom stereocenters. The Morgan fingerprint density at radius 2 is 2.00 bits per heavy atom. The molecule has 0 N–H and O–H groups in total. The van der Waals surface area contributed by atoms with E-state index in [2.05, 4.69) is 0 Å². The molecule has 0 spiro atoms. The number of methoxy groups -OCH3 is 1. The van der Waals surface area contributed by atoms with Crippen LogP contribution in [0.4, 0.5) is 0 Å². The molecule has 0 saturated heterocycles. The molecule has 0 fully saturated rings. The van der Waals surface area contributed by atoms with Gasteiger partial charge >= 0.3 is 35.2 Å². The van der Waals surface area contributed by atoms with Crippen molar-refractivity contribution in [2.24, 2.45) is 0 Å². The zero-order valence-corrected chi connectivity index (χ0v) is 10.1. The van der Waals surface area contributed by atoms with Crippen LogP contribution in [0, 0.1) is 0 Å². The second-order valence-corrected chi connectivity index (χ2v) is 2.66. The van der Waals surface area contributed by atoms with Crippen LogP contribution in [-0.4, -0.2) is 7.11 Å². The van der Waals surface area contributed by atoms with Gasteiger partial charge in [0, 0.05) is 17.5 Å². The molecule has 0 aliphatic heterocycles. The first-order valence-corrected chi connectivity index (χ1v) is 3.87. The Morgan fingerprint density at radius 3 is 2.71 bits per heavy atom. The molecule has 1 heterocycles. The molecule has 0 atom stereocenters. The second-order valence-electron chi connectivity index (χ2n) is 2.66. The first-order chi connectivity index (χ1) is 6.29. The average Bonchev–Trinajstić information content (AvgIpc) is 2.16. The van der Waals surface area contributed by atoms with Crippen LogP contribution in [0.25, 0.3) is 11.0 Å². The fourth-order valence-corrected chi connectivity index (χ4v) is 1.17. The Hall–Kier alpha value is -0.770. The molecule has 3 nitrogen and oxygen atoms in total. The van der Waals surface area contributed by atoms with Gasteiger partial charge in [-0.05, 0) is 18.2 Å². The second kappa shape index (κ2) is 4.64. The molecule has 1 aromatic heterocycles. The van der Waals surface area contributed by atoms with E-state index >= 15 is 0 Å². The van der Waals surface area contributed by atoms with Gasteiger partial charge in [-0.25, -0.2) is 4.79 Å². The molecule has 68 valence electrons. The topological polar surface area (TPSA) is 39.4 Å². The van der Waals surface area contributed by atoms with Gasteiger partial charge in [-0.15, -0.1) is 0 Å². The molecule has 0 saturated carbocycles. The van der Waals surface area contributed by atoms with Crippen LogP contribution < -0.4 is 39.9 Å². The minimum Gasteiger partial charge on any atom is -1.00 e. The molecule has 2 rings (SSSR count). The van der Waals surface area contributed by atoms with E-state index < -0.39 is 0 Å².